The minimum absolute atomic E-state index is 0.0677. The monoisotopic (exact) mass is 280 g/mol. The van der Waals surface area contributed by atoms with Crippen LogP contribution in [-0.2, 0) is 9.53 Å². The van der Waals surface area contributed by atoms with Gasteiger partial charge in [0.2, 0.25) is 11.8 Å². The van der Waals surface area contributed by atoms with Gasteiger partial charge in [0, 0.05) is 32.2 Å². The molecule has 2 amide bonds. The Morgan fingerprint density at radius 2 is 2.05 bits per heavy atom. The molecule has 1 aromatic carbocycles. The highest BCUT2D eigenvalue weighted by atomic mass is 16.5. The van der Waals surface area contributed by atoms with Gasteiger partial charge in [-0.1, -0.05) is 0 Å². The van der Waals surface area contributed by atoms with Gasteiger partial charge in [0.25, 0.3) is 0 Å². The summed E-state index contributed by atoms with van der Waals surface area (Å²) >= 11 is 0. The van der Waals surface area contributed by atoms with Gasteiger partial charge in [0.15, 0.2) is 0 Å². The fourth-order valence-corrected chi connectivity index (χ4v) is 1.57. The van der Waals surface area contributed by atoms with Gasteiger partial charge in [-0.3, -0.25) is 9.59 Å². The Morgan fingerprint density at radius 3 is 2.65 bits per heavy atom. The predicted octanol–water partition coefficient (Wildman–Crippen LogP) is -0.0677. The van der Waals surface area contributed by atoms with Crippen LogP contribution in [0.1, 0.15) is 16.8 Å². The van der Waals surface area contributed by atoms with E-state index in [1.54, 1.807) is 19.2 Å². The summed E-state index contributed by atoms with van der Waals surface area (Å²) in [5, 5.41) is 5.74. The lowest BCUT2D eigenvalue weighted by molar-refractivity contribution is -0.121. The lowest BCUT2D eigenvalue weighted by Crippen LogP contribution is -2.28. The number of hydrogen-bond donors (Lipinski definition) is 4. The van der Waals surface area contributed by atoms with E-state index in [1.165, 1.54) is 6.07 Å². The molecule has 1 aromatic rings. The Labute approximate surface area is 117 Å². The zero-order valence-electron chi connectivity index (χ0n) is 11.4. The second kappa shape index (κ2) is 8.00. The van der Waals surface area contributed by atoms with Crippen LogP contribution in [0.15, 0.2) is 18.2 Å². The Morgan fingerprint density at radius 1 is 1.30 bits per heavy atom. The minimum atomic E-state index is -0.527. The van der Waals surface area contributed by atoms with Crippen LogP contribution in [-0.4, -0.2) is 38.6 Å². The average molecular weight is 280 g/mol. The number of nitrogens with two attached hydrogens (primary N) is 2. The molecule has 0 fully saturated rings. The van der Waals surface area contributed by atoms with Crippen LogP contribution in [0.5, 0.6) is 0 Å². The van der Waals surface area contributed by atoms with Gasteiger partial charge < -0.3 is 26.8 Å². The molecule has 0 aromatic heterocycles. The molecule has 7 nitrogen and oxygen atoms in total. The van der Waals surface area contributed by atoms with Crippen molar-refractivity contribution in [2.24, 2.45) is 5.73 Å². The summed E-state index contributed by atoms with van der Waals surface area (Å²) < 4.78 is 4.83. The van der Waals surface area contributed by atoms with Gasteiger partial charge in [0.05, 0.1) is 18.0 Å². The van der Waals surface area contributed by atoms with Crippen molar-refractivity contribution in [2.75, 3.05) is 37.9 Å². The molecule has 0 bridgehead atoms. The topological polar surface area (TPSA) is 119 Å². The molecule has 1 rings (SSSR count). The highest BCUT2D eigenvalue weighted by Gasteiger charge is 2.05. The van der Waals surface area contributed by atoms with Crippen LogP contribution >= 0.6 is 0 Å². The van der Waals surface area contributed by atoms with Gasteiger partial charge >= 0.3 is 0 Å². The predicted molar refractivity (Wildman–Crippen MR) is 77.4 cm³/mol. The molecular weight excluding hydrogens is 260 g/mol. The zero-order valence-corrected chi connectivity index (χ0v) is 11.4. The van der Waals surface area contributed by atoms with Crippen LogP contribution < -0.4 is 22.1 Å². The summed E-state index contributed by atoms with van der Waals surface area (Å²) in [5.41, 5.74) is 12.4. The molecule has 0 aliphatic rings. The van der Waals surface area contributed by atoms with Crippen molar-refractivity contribution in [3.05, 3.63) is 23.8 Å². The van der Waals surface area contributed by atoms with Gasteiger partial charge in [0.1, 0.15) is 0 Å². The standard InChI is InChI=1S/C13H20N4O3/c1-20-7-6-17-12(18)4-5-16-11-3-2-9(13(15)19)8-10(11)14/h2-3,8,16H,4-7,14H2,1H3,(H2,15,19)(H,17,18). The number of nitrogen functional groups attached to an aromatic ring is 1. The molecule has 0 saturated carbocycles. The number of benzene rings is 1. The van der Waals surface area contributed by atoms with Crippen LogP contribution in [0.3, 0.4) is 0 Å². The molecule has 0 aliphatic heterocycles. The summed E-state index contributed by atoms with van der Waals surface area (Å²) in [7, 11) is 1.58. The SMILES string of the molecule is COCCNC(=O)CCNc1ccc(C(N)=O)cc1N. The Kier molecular flexibility index (Phi) is 6.31. The number of methoxy groups -OCH3 is 1. The molecule has 0 radical (unpaired) electrons. The number of carbonyl (C=O) groups is 2. The molecule has 0 spiro atoms. The van der Waals surface area contributed by atoms with E-state index < -0.39 is 5.91 Å². The first-order chi connectivity index (χ1) is 9.54. The Hall–Kier alpha value is -2.28. The van der Waals surface area contributed by atoms with Crippen molar-refractivity contribution in [1.29, 1.82) is 0 Å². The van der Waals surface area contributed by atoms with Crippen molar-refractivity contribution in [2.45, 2.75) is 6.42 Å². The number of primary amides is 1. The molecular formula is C13H20N4O3. The minimum Gasteiger partial charge on any atom is -0.397 e. The lowest BCUT2D eigenvalue weighted by atomic mass is 10.1. The largest absolute Gasteiger partial charge is 0.397 e. The first kappa shape index (κ1) is 15.8. The van der Waals surface area contributed by atoms with Gasteiger partial charge in [-0.2, -0.15) is 0 Å². The van der Waals surface area contributed by atoms with Crippen LogP contribution in [0.25, 0.3) is 0 Å². The molecule has 7 heteroatoms. The molecule has 0 atom stereocenters. The van der Waals surface area contributed by atoms with E-state index in [4.69, 9.17) is 16.2 Å². The fourth-order valence-electron chi connectivity index (χ4n) is 1.57. The van der Waals surface area contributed by atoms with Crippen LogP contribution in [0.4, 0.5) is 11.4 Å². The van der Waals surface area contributed by atoms with Gasteiger partial charge in [-0.25, -0.2) is 0 Å². The quantitative estimate of drug-likeness (QED) is 0.392. The second-order valence-electron chi connectivity index (χ2n) is 4.19. The number of amides is 2. The molecule has 6 N–H and O–H groups in total. The fraction of sp³-hybridized carbons (Fsp3) is 0.385. The molecule has 0 heterocycles. The summed E-state index contributed by atoms with van der Waals surface area (Å²) in [6, 6.07) is 4.75. The number of ether oxygens (including phenoxy) is 1. The van der Waals surface area contributed by atoms with E-state index in [1.807, 2.05) is 0 Å². The molecule has 20 heavy (non-hydrogen) atoms. The van der Waals surface area contributed by atoms with Crippen molar-refractivity contribution in [1.82, 2.24) is 5.32 Å². The molecule has 110 valence electrons. The van der Waals surface area contributed by atoms with Crippen molar-refractivity contribution >= 4 is 23.2 Å². The van der Waals surface area contributed by atoms with Gasteiger partial charge in [-0.15, -0.1) is 0 Å². The highest BCUT2D eigenvalue weighted by Crippen LogP contribution is 2.19. The van der Waals surface area contributed by atoms with Gasteiger partial charge in [-0.05, 0) is 18.2 Å². The third-order valence-corrected chi connectivity index (χ3v) is 2.63. The molecule has 0 aliphatic carbocycles. The van der Waals surface area contributed by atoms with E-state index in [0.29, 0.717) is 43.1 Å². The van der Waals surface area contributed by atoms with E-state index in [9.17, 15) is 9.59 Å². The number of nitrogens with one attached hydrogen (secondary N) is 2. The average Bonchev–Trinajstić information content (AvgIpc) is 2.40. The van der Waals surface area contributed by atoms with Crippen LogP contribution in [0, 0.1) is 0 Å². The number of rotatable bonds is 8. The first-order valence-corrected chi connectivity index (χ1v) is 6.23. The first-order valence-electron chi connectivity index (χ1n) is 6.23. The second-order valence-corrected chi connectivity index (χ2v) is 4.19. The van der Waals surface area contributed by atoms with Crippen molar-refractivity contribution in [3.8, 4) is 0 Å². The number of hydrogen-bond acceptors (Lipinski definition) is 5. The maximum atomic E-state index is 11.4. The van der Waals surface area contributed by atoms with E-state index in [2.05, 4.69) is 10.6 Å². The lowest BCUT2D eigenvalue weighted by Gasteiger charge is -2.10. The van der Waals surface area contributed by atoms with E-state index in [-0.39, 0.29) is 5.91 Å². The number of carbonyl (C=O) groups excluding carboxylic acids is 2. The Balaban J connectivity index is 2.38. The summed E-state index contributed by atoms with van der Waals surface area (Å²) in [6.45, 7) is 1.42. The molecule has 0 saturated heterocycles. The maximum Gasteiger partial charge on any atom is 0.248 e. The van der Waals surface area contributed by atoms with E-state index >= 15 is 0 Å². The summed E-state index contributed by atoms with van der Waals surface area (Å²) in [4.78, 5) is 22.4. The maximum absolute atomic E-state index is 11.4. The summed E-state index contributed by atoms with van der Waals surface area (Å²) in [5.74, 6) is -0.595. The van der Waals surface area contributed by atoms with Crippen molar-refractivity contribution < 1.29 is 14.3 Å². The third kappa shape index (κ3) is 5.15. The third-order valence-electron chi connectivity index (χ3n) is 2.63. The summed E-state index contributed by atoms with van der Waals surface area (Å²) in [6.07, 6.45) is 0.320. The van der Waals surface area contributed by atoms with E-state index in [0.717, 1.165) is 0 Å². The molecule has 0 unspecified atom stereocenters. The smallest absolute Gasteiger partial charge is 0.248 e. The van der Waals surface area contributed by atoms with Crippen molar-refractivity contribution in [3.63, 3.8) is 0 Å². The zero-order chi connectivity index (χ0) is 15.0. The Bertz CT molecular complexity index is 477. The number of anilines is 2. The highest BCUT2D eigenvalue weighted by molar-refractivity contribution is 5.94. The normalized spacial score (nSPS) is 10.1. The van der Waals surface area contributed by atoms with Crippen LogP contribution in [0.2, 0.25) is 0 Å².